The van der Waals surface area contributed by atoms with Crippen LogP contribution in [-0.4, -0.2) is 24.5 Å². The van der Waals surface area contributed by atoms with Crippen molar-refractivity contribution in [2.45, 2.75) is 26.4 Å². The number of amides is 1. The van der Waals surface area contributed by atoms with Gasteiger partial charge >= 0.3 is 0 Å². The molecule has 2 aromatic carbocycles. The molecule has 0 aliphatic carbocycles. The molecule has 0 saturated heterocycles. The molecule has 5 rings (SSSR count). The topological polar surface area (TPSA) is 82.1 Å². The van der Waals surface area contributed by atoms with Crippen LogP contribution in [0.15, 0.2) is 68.4 Å². The van der Waals surface area contributed by atoms with Crippen LogP contribution in [0.3, 0.4) is 0 Å². The Balaban J connectivity index is 1.67. The van der Waals surface area contributed by atoms with Crippen molar-refractivity contribution in [2.24, 2.45) is 5.92 Å². The van der Waals surface area contributed by atoms with Crippen molar-refractivity contribution in [3.8, 4) is 11.5 Å². The Morgan fingerprint density at radius 1 is 1.09 bits per heavy atom. The SMILES string of the molecule is COc1cc([C@H]2c3c(oc4ccc(F)cc4c3=O)C(=O)N2Cc2ccco2)ccc1OCC(C)C. The second-order valence-electron chi connectivity index (χ2n) is 8.84. The minimum atomic E-state index is -0.792. The lowest BCUT2D eigenvalue weighted by molar-refractivity contribution is 0.0701. The summed E-state index contributed by atoms with van der Waals surface area (Å²) in [7, 11) is 1.53. The Morgan fingerprint density at radius 2 is 1.91 bits per heavy atom. The molecule has 0 unspecified atom stereocenters. The first-order chi connectivity index (χ1) is 16.9. The molecular formula is C27H24FNO6. The minimum absolute atomic E-state index is 0.0650. The highest BCUT2D eigenvalue weighted by atomic mass is 19.1. The first kappa shape index (κ1) is 22.7. The van der Waals surface area contributed by atoms with E-state index in [4.69, 9.17) is 18.3 Å². The van der Waals surface area contributed by atoms with E-state index >= 15 is 0 Å². The molecule has 0 N–H and O–H groups in total. The Bertz CT molecular complexity index is 1460. The van der Waals surface area contributed by atoms with Gasteiger partial charge < -0.3 is 23.2 Å². The molecule has 4 aromatic rings. The van der Waals surface area contributed by atoms with Gasteiger partial charge in [-0.25, -0.2) is 4.39 Å². The Labute approximate surface area is 200 Å². The number of fused-ring (bicyclic) bond motifs is 2. The molecule has 35 heavy (non-hydrogen) atoms. The lowest BCUT2D eigenvalue weighted by Crippen LogP contribution is -2.29. The highest BCUT2D eigenvalue weighted by molar-refractivity contribution is 5.99. The van der Waals surface area contributed by atoms with Crippen molar-refractivity contribution in [1.29, 1.82) is 0 Å². The van der Waals surface area contributed by atoms with E-state index in [1.54, 1.807) is 30.3 Å². The smallest absolute Gasteiger partial charge is 0.291 e. The van der Waals surface area contributed by atoms with E-state index in [2.05, 4.69) is 0 Å². The second kappa shape index (κ2) is 8.94. The molecule has 1 amide bonds. The maximum absolute atomic E-state index is 14.0. The molecule has 2 aromatic heterocycles. The number of carbonyl (C=O) groups is 1. The second-order valence-corrected chi connectivity index (χ2v) is 8.84. The summed E-state index contributed by atoms with van der Waals surface area (Å²) in [6, 6.07) is 11.6. The van der Waals surface area contributed by atoms with Gasteiger partial charge in [-0.05, 0) is 53.9 Å². The van der Waals surface area contributed by atoms with Gasteiger partial charge in [-0.1, -0.05) is 19.9 Å². The average molecular weight is 477 g/mol. The van der Waals surface area contributed by atoms with Crippen molar-refractivity contribution >= 4 is 16.9 Å². The number of furan rings is 1. The third kappa shape index (κ3) is 4.05. The van der Waals surface area contributed by atoms with E-state index < -0.39 is 23.2 Å². The van der Waals surface area contributed by atoms with Crippen LogP contribution in [0.5, 0.6) is 11.5 Å². The molecule has 0 bridgehead atoms. The van der Waals surface area contributed by atoms with Crippen molar-refractivity contribution in [2.75, 3.05) is 13.7 Å². The van der Waals surface area contributed by atoms with Gasteiger partial charge in [0.25, 0.3) is 5.91 Å². The zero-order valence-electron chi connectivity index (χ0n) is 19.5. The van der Waals surface area contributed by atoms with E-state index in [1.807, 2.05) is 13.8 Å². The number of benzene rings is 2. The molecule has 0 fully saturated rings. The lowest BCUT2D eigenvalue weighted by Gasteiger charge is -2.25. The fourth-order valence-corrected chi connectivity index (χ4v) is 4.30. The highest BCUT2D eigenvalue weighted by Crippen LogP contribution is 2.41. The normalized spacial score (nSPS) is 15.2. The van der Waals surface area contributed by atoms with Gasteiger partial charge in [0.05, 0.1) is 43.5 Å². The standard InChI is InChI=1S/C27H24FNO6/c1-15(2)14-34-21-8-6-16(11-22(21)32-3)24-23-25(30)19-12-17(28)7-9-20(19)35-26(23)27(31)29(24)13-18-5-4-10-33-18/h4-12,15,24H,13-14H2,1-3H3/t24-/m0/s1. The van der Waals surface area contributed by atoms with Crippen molar-refractivity contribution < 1.29 is 27.5 Å². The molecule has 1 aliphatic heterocycles. The largest absolute Gasteiger partial charge is 0.493 e. The van der Waals surface area contributed by atoms with Gasteiger partial charge in [0.15, 0.2) is 16.9 Å². The highest BCUT2D eigenvalue weighted by Gasteiger charge is 2.43. The third-order valence-electron chi connectivity index (χ3n) is 5.91. The number of methoxy groups -OCH3 is 1. The Kier molecular flexibility index (Phi) is 5.80. The monoisotopic (exact) mass is 477 g/mol. The van der Waals surface area contributed by atoms with Crippen molar-refractivity contribution in [1.82, 2.24) is 4.90 Å². The van der Waals surface area contributed by atoms with Crippen LogP contribution >= 0.6 is 0 Å². The molecule has 1 aliphatic rings. The summed E-state index contributed by atoms with van der Waals surface area (Å²) in [5.74, 6) is 0.807. The van der Waals surface area contributed by atoms with Gasteiger partial charge in [0, 0.05) is 0 Å². The van der Waals surface area contributed by atoms with Gasteiger partial charge in [0.1, 0.15) is 17.2 Å². The zero-order chi connectivity index (χ0) is 24.7. The van der Waals surface area contributed by atoms with E-state index in [1.165, 1.54) is 30.4 Å². The maximum atomic E-state index is 14.0. The zero-order valence-corrected chi connectivity index (χ0v) is 19.5. The molecule has 7 nitrogen and oxygen atoms in total. The fraction of sp³-hybridized carbons (Fsp3) is 0.259. The Morgan fingerprint density at radius 3 is 2.63 bits per heavy atom. The summed E-state index contributed by atoms with van der Waals surface area (Å²) < 4.78 is 36.7. The summed E-state index contributed by atoms with van der Waals surface area (Å²) in [5, 5.41) is 0.0743. The molecular weight excluding hydrogens is 453 g/mol. The summed E-state index contributed by atoms with van der Waals surface area (Å²) >= 11 is 0. The van der Waals surface area contributed by atoms with Crippen molar-refractivity contribution in [3.63, 3.8) is 0 Å². The average Bonchev–Trinajstić information content (AvgIpc) is 3.45. The molecule has 3 heterocycles. The van der Waals surface area contributed by atoms with Crippen LogP contribution in [0, 0.1) is 11.7 Å². The summed E-state index contributed by atoms with van der Waals surface area (Å²) in [6.07, 6.45) is 1.52. The quantitative estimate of drug-likeness (QED) is 0.359. The number of hydrogen-bond acceptors (Lipinski definition) is 6. The van der Waals surface area contributed by atoms with Crippen LogP contribution in [0.2, 0.25) is 0 Å². The molecule has 0 radical (unpaired) electrons. The first-order valence-electron chi connectivity index (χ1n) is 11.3. The fourth-order valence-electron chi connectivity index (χ4n) is 4.30. The summed E-state index contributed by atoms with van der Waals surface area (Å²) in [5.41, 5.74) is 0.468. The number of rotatable bonds is 7. The molecule has 0 spiro atoms. The number of carbonyl (C=O) groups excluding carboxylic acids is 1. The predicted molar refractivity (Wildman–Crippen MR) is 126 cm³/mol. The van der Waals surface area contributed by atoms with E-state index in [-0.39, 0.29) is 28.8 Å². The Hall–Kier alpha value is -4.07. The van der Waals surface area contributed by atoms with Gasteiger partial charge in [-0.15, -0.1) is 0 Å². The lowest BCUT2D eigenvalue weighted by atomic mass is 9.98. The van der Waals surface area contributed by atoms with E-state index in [0.29, 0.717) is 35.3 Å². The van der Waals surface area contributed by atoms with Crippen LogP contribution in [0.1, 0.15) is 47.3 Å². The summed E-state index contributed by atoms with van der Waals surface area (Å²) in [4.78, 5) is 28.6. The molecule has 0 saturated carbocycles. The predicted octanol–water partition coefficient (Wildman–Crippen LogP) is 5.31. The van der Waals surface area contributed by atoms with Crippen LogP contribution in [0.25, 0.3) is 11.0 Å². The van der Waals surface area contributed by atoms with E-state index in [9.17, 15) is 14.0 Å². The van der Waals surface area contributed by atoms with Crippen LogP contribution in [-0.2, 0) is 6.54 Å². The number of hydrogen-bond donors (Lipinski definition) is 0. The van der Waals surface area contributed by atoms with Crippen LogP contribution < -0.4 is 14.9 Å². The number of halogens is 1. The van der Waals surface area contributed by atoms with Gasteiger partial charge in [-0.2, -0.15) is 0 Å². The molecule has 180 valence electrons. The number of ether oxygens (including phenoxy) is 2. The van der Waals surface area contributed by atoms with Crippen molar-refractivity contribution in [3.05, 3.63) is 93.5 Å². The maximum Gasteiger partial charge on any atom is 0.291 e. The van der Waals surface area contributed by atoms with E-state index in [0.717, 1.165) is 6.07 Å². The third-order valence-corrected chi connectivity index (χ3v) is 5.91. The minimum Gasteiger partial charge on any atom is -0.493 e. The first-order valence-corrected chi connectivity index (χ1v) is 11.3. The van der Waals surface area contributed by atoms with Gasteiger partial charge in [0.2, 0.25) is 5.76 Å². The molecule has 1 atom stereocenters. The summed E-state index contributed by atoms with van der Waals surface area (Å²) in [6.45, 7) is 4.70. The number of nitrogens with zero attached hydrogens (tertiary/aromatic N) is 1. The van der Waals surface area contributed by atoms with Crippen LogP contribution in [0.4, 0.5) is 4.39 Å². The molecule has 8 heteroatoms. The van der Waals surface area contributed by atoms with Gasteiger partial charge in [-0.3, -0.25) is 9.59 Å².